The van der Waals surface area contributed by atoms with E-state index < -0.39 is 22.0 Å². The van der Waals surface area contributed by atoms with Crippen molar-refractivity contribution in [3.05, 3.63) is 93.0 Å². The van der Waals surface area contributed by atoms with E-state index >= 15 is 0 Å². The summed E-state index contributed by atoms with van der Waals surface area (Å²) >= 11 is 0. The van der Waals surface area contributed by atoms with Crippen LogP contribution in [0.25, 0.3) is 0 Å². The van der Waals surface area contributed by atoms with Crippen molar-refractivity contribution >= 4 is 22.3 Å². The quantitative estimate of drug-likeness (QED) is 0.384. The molecule has 1 heterocycles. The van der Waals surface area contributed by atoms with Gasteiger partial charge in [0.2, 0.25) is 11.2 Å². The van der Waals surface area contributed by atoms with Gasteiger partial charge in [-0.1, -0.05) is 30.9 Å². The van der Waals surface area contributed by atoms with Gasteiger partial charge in [-0.05, 0) is 42.8 Å². The highest BCUT2D eigenvalue weighted by atomic mass is 32.2. The predicted octanol–water partition coefficient (Wildman–Crippen LogP) is 4.22. The first-order chi connectivity index (χ1) is 15.9. The van der Waals surface area contributed by atoms with Crippen LogP contribution in [0.5, 0.6) is 5.75 Å². The SMILES string of the molecule is CCCC(=O)c1ccc(C#Cc2ccc(NCc3oc(CS(C)=O)cc(=O)c3O)cc2)cc1. The van der Waals surface area contributed by atoms with Crippen LogP contribution in [0.15, 0.2) is 63.8 Å². The summed E-state index contributed by atoms with van der Waals surface area (Å²) in [6.07, 6.45) is 2.88. The lowest BCUT2D eigenvalue weighted by atomic mass is 10.1. The van der Waals surface area contributed by atoms with Crippen LogP contribution in [0.3, 0.4) is 0 Å². The van der Waals surface area contributed by atoms with Crippen molar-refractivity contribution in [2.75, 3.05) is 11.6 Å². The molecule has 2 N–H and O–H groups in total. The van der Waals surface area contributed by atoms with E-state index in [1.54, 1.807) is 12.1 Å². The molecule has 1 atom stereocenters. The van der Waals surface area contributed by atoms with Crippen molar-refractivity contribution in [1.82, 2.24) is 0 Å². The predicted molar refractivity (Wildman–Crippen MR) is 130 cm³/mol. The van der Waals surface area contributed by atoms with Crippen LogP contribution in [0.1, 0.15) is 52.8 Å². The molecule has 0 spiro atoms. The normalized spacial score (nSPS) is 11.3. The number of aromatic hydroxyl groups is 1. The van der Waals surface area contributed by atoms with Gasteiger partial charge in [-0.25, -0.2) is 0 Å². The molecule has 6 nitrogen and oxygen atoms in total. The Morgan fingerprint density at radius 1 is 1.06 bits per heavy atom. The third-order valence-electron chi connectivity index (χ3n) is 4.76. The highest BCUT2D eigenvalue weighted by molar-refractivity contribution is 7.83. The second-order valence-electron chi connectivity index (χ2n) is 7.50. The molecule has 7 heteroatoms. The van der Waals surface area contributed by atoms with Crippen LogP contribution < -0.4 is 10.7 Å². The van der Waals surface area contributed by atoms with E-state index in [0.717, 1.165) is 29.3 Å². The van der Waals surface area contributed by atoms with Gasteiger partial charge in [0.05, 0.1) is 12.3 Å². The fourth-order valence-electron chi connectivity index (χ4n) is 3.09. The number of Topliss-reactive ketones (excluding diaryl/α,β-unsaturated/α-hetero) is 1. The number of benzene rings is 2. The average Bonchev–Trinajstić information content (AvgIpc) is 2.80. The Hall–Kier alpha value is -3.63. The van der Waals surface area contributed by atoms with Gasteiger partial charge in [0.1, 0.15) is 5.76 Å². The van der Waals surface area contributed by atoms with Gasteiger partial charge in [-0.15, -0.1) is 0 Å². The van der Waals surface area contributed by atoms with Gasteiger partial charge < -0.3 is 14.8 Å². The molecule has 3 aromatic rings. The average molecular weight is 464 g/mol. The number of carbonyl (C=O) groups excluding carboxylic acids is 1. The summed E-state index contributed by atoms with van der Waals surface area (Å²) in [4.78, 5) is 23.8. The van der Waals surface area contributed by atoms with Gasteiger partial charge in [-0.3, -0.25) is 13.8 Å². The second-order valence-corrected chi connectivity index (χ2v) is 8.93. The Kier molecular flexibility index (Phi) is 8.22. The summed E-state index contributed by atoms with van der Waals surface area (Å²) in [6.45, 7) is 2.08. The van der Waals surface area contributed by atoms with Gasteiger partial charge in [0, 0.05) is 51.9 Å². The van der Waals surface area contributed by atoms with E-state index in [0.29, 0.717) is 12.0 Å². The Morgan fingerprint density at radius 2 is 1.67 bits per heavy atom. The van der Waals surface area contributed by atoms with E-state index in [1.165, 1.54) is 6.26 Å². The van der Waals surface area contributed by atoms with Crippen molar-refractivity contribution in [1.29, 1.82) is 0 Å². The molecular formula is C26H25NO5S. The molecule has 33 heavy (non-hydrogen) atoms. The summed E-state index contributed by atoms with van der Waals surface area (Å²) in [5.74, 6) is 6.31. The fraction of sp³-hybridized carbons (Fsp3) is 0.231. The van der Waals surface area contributed by atoms with Crippen LogP contribution in [-0.2, 0) is 23.1 Å². The highest BCUT2D eigenvalue weighted by Gasteiger charge is 2.12. The summed E-state index contributed by atoms with van der Waals surface area (Å²) in [6, 6.07) is 15.8. The van der Waals surface area contributed by atoms with Crippen molar-refractivity contribution in [3.8, 4) is 17.6 Å². The lowest BCUT2D eigenvalue weighted by Gasteiger charge is -2.09. The van der Waals surface area contributed by atoms with Crippen LogP contribution in [0, 0.1) is 11.8 Å². The van der Waals surface area contributed by atoms with Crippen LogP contribution >= 0.6 is 0 Å². The van der Waals surface area contributed by atoms with Gasteiger partial charge in [-0.2, -0.15) is 0 Å². The van der Waals surface area contributed by atoms with Crippen molar-refractivity contribution < 1.29 is 18.5 Å². The molecule has 0 bridgehead atoms. The zero-order chi connectivity index (χ0) is 23.8. The smallest absolute Gasteiger partial charge is 0.227 e. The molecule has 1 unspecified atom stereocenters. The maximum atomic E-state index is 11.9. The zero-order valence-corrected chi connectivity index (χ0v) is 19.3. The first-order valence-electron chi connectivity index (χ1n) is 10.5. The molecule has 0 fully saturated rings. The monoisotopic (exact) mass is 463 g/mol. The maximum Gasteiger partial charge on any atom is 0.227 e. The number of rotatable bonds is 8. The number of anilines is 1. The molecule has 170 valence electrons. The lowest BCUT2D eigenvalue weighted by Crippen LogP contribution is -2.09. The van der Waals surface area contributed by atoms with Crippen LogP contribution in [-0.4, -0.2) is 21.4 Å². The van der Waals surface area contributed by atoms with E-state index in [-0.39, 0.29) is 29.6 Å². The summed E-state index contributed by atoms with van der Waals surface area (Å²) in [5.41, 5.74) is 2.53. The number of hydrogen-bond acceptors (Lipinski definition) is 6. The molecule has 0 aliphatic carbocycles. The van der Waals surface area contributed by atoms with Crippen molar-refractivity contribution in [3.63, 3.8) is 0 Å². The molecule has 0 saturated heterocycles. The van der Waals surface area contributed by atoms with E-state index in [2.05, 4.69) is 17.2 Å². The standard InChI is InChI=1S/C26H25NO5S/c1-3-4-23(28)20-11-7-18(8-12-20)5-6-19-9-13-21(14-10-19)27-16-25-26(30)24(29)15-22(32-25)17-33(2)31/h7-15,27,30H,3-4,16-17H2,1-2H3. The minimum Gasteiger partial charge on any atom is -0.502 e. The summed E-state index contributed by atoms with van der Waals surface area (Å²) in [7, 11) is -1.17. The van der Waals surface area contributed by atoms with Crippen LogP contribution in [0.2, 0.25) is 0 Å². The first kappa shape index (κ1) is 24.0. The number of hydrogen-bond donors (Lipinski definition) is 2. The van der Waals surface area contributed by atoms with Gasteiger partial charge in [0.25, 0.3) is 0 Å². The minimum atomic E-state index is -1.17. The molecule has 0 saturated carbocycles. The Balaban J connectivity index is 1.64. The largest absolute Gasteiger partial charge is 0.502 e. The molecule has 0 aliphatic rings. The maximum absolute atomic E-state index is 11.9. The number of nitrogens with one attached hydrogen (secondary N) is 1. The lowest BCUT2D eigenvalue weighted by molar-refractivity contribution is 0.0981. The molecule has 2 aromatic carbocycles. The van der Waals surface area contributed by atoms with E-state index in [4.69, 9.17) is 4.42 Å². The Bertz CT molecular complexity index is 1270. The van der Waals surface area contributed by atoms with Crippen LogP contribution in [0.4, 0.5) is 5.69 Å². The Morgan fingerprint density at radius 3 is 2.24 bits per heavy atom. The van der Waals surface area contributed by atoms with Gasteiger partial charge >= 0.3 is 0 Å². The second kappa shape index (κ2) is 11.3. The van der Waals surface area contributed by atoms with E-state index in [1.807, 2.05) is 43.3 Å². The fourth-order valence-corrected chi connectivity index (χ4v) is 3.63. The molecular weight excluding hydrogens is 438 g/mol. The molecule has 1 aromatic heterocycles. The van der Waals surface area contributed by atoms with Crippen molar-refractivity contribution in [2.45, 2.75) is 32.1 Å². The first-order valence-corrected chi connectivity index (χ1v) is 12.2. The third-order valence-corrected chi connectivity index (χ3v) is 5.45. The minimum absolute atomic E-state index is 0.0904. The topological polar surface area (TPSA) is 96.6 Å². The molecule has 0 amide bonds. The molecule has 0 aliphatic heterocycles. The molecule has 3 rings (SSSR count). The summed E-state index contributed by atoms with van der Waals surface area (Å²) < 4.78 is 16.9. The summed E-state index contributed by atoms with van der Waals surface area (Å²) in [5, 5.41) is 13.1. The molecule has 0 radical (unpaired) electrons. The zero-order valence-electron chi connectivity index (χ0n) is 18.5. The highest BCUT2D eigenvalue weighted by Crippen LogP contribution is 2.18. The third kappa shape index (κ3) is 6.93. The van der Waals surface area contributed by atoms with Gasteiger partial charge in [0.15, 0.2) is 11.5 Å². The number of ketones is 1. The number of carbonyl (C=O) groups is 1. The Labute approximate surface area is 195 Å². The van der Waals surface area contributed by atoms with E-state index in [9.17, 15) is 18.9 Å². The van der Waals surface area contributed by atoms with Crippen molar-refractivity contribution in [2.24, 2.45) is 0 Å².